The first-order valence-electron chi connectivity index (χ1n) is 9.84. The van der Waals surface area contributed by atoms with Crippen LogP contribution < -0.4 is 14.4 Å². The van der Waals surface area contributed by atoms with Crippen LogP contribution in [0, 0.1) is 6.92 Å². The highest BCUT2D eigenvalue weighted by Crippen LogP contribution is 2.42. The van der Waals surface area contributed by atoms with Crippen LogP contribution in [0.3, 0.4) is 0 Å². The minimum absolute atomic E-state index is 0.0603. The molecule has 4 heterocycles. The molecule has 0 saturated carbocycles. The fraction of sp³-hybridized carbons (Fsp3) is 0.333. The molecule has 0 fully saturated rings. The SMILES string of the molecule is COc1cc(-c2cc(C)c3c(n2)C(O)(OC)N(c2cnn(CC(F)(F)F)c2)C3=O)cnc1OC. The van der Waals surface area contributed by atoms with Gasteiger partial charge in [-0.05, 0) is 24.6 Å². The van der Waals surface area contributed by atoms with Crippen LogP contribution in [0.2, 0.25) is 0 Å². The second-order valence-corrected chi connectivity index (χ2v) is 7.45. The van der Waals surface area contributed by atoms with Gasteiger partial charge in [0.2, 0.25) is 0 Å². The summed E-state index contributed by atoms with van der Waals surface area (Å²) in [7, 11) is 4.04. The number of nitrogens with zero attached hydrogens (tertiary/aromatic N) is 5. The van der Waals surface area contributed by atoms with E-state index in [1.807, 2.05) is 0 Å². The number of fused-ring (bicyclic) bond motifs is 1. The number of hydrogen-bond donors (Lipinski definition) is 1. The van der Waals surface area contributed by atoms with Gasteiger partial charge in [0.15, 0.2) is 5.75 Å². The molecule has 34 heavy (non-hydrogen) atoms. The average Bonchev–Trinajstić information content (AvgIpc) is 3.31. The minimum Gasteiger partial charge on any atom is -0.491 e. The van der Waals surface area contributed by atoms with Gasteiger partial charge >= 0.3 is 12.1 Å². The van der Waals surface area contributed by atoms with Crippen LogP contribution in [0.25, 0.3) is 11.3 Å². The van der Waals surface area contributed by atoms with Gasteiger partial charge in [0.1, 0.15) is 12.2 Å². The van der Waals surface area contributed by atoms with E-state index in [1.165, 1.54) is 20.4 Å². The Kier molecular flexibility index (Phi) is 5.69. The number of carbonyl (C=O) groups excluding carboxylic acids is 1. The third-order valence-electron chi connectivity index (χ3n) is 5.28. The van der Waals surface area contributed by atoms with Crippen LogP contribution in [-0.2, 0) is 17.2 Å². The summed E-state index contributed by atoms with van der Waals surface area (Å²) in [6.45, 7) is 0.282. The minimum atomic E-state index is -4.51. The zero-order valence-electron chi connectivity index (χ0n) is 18.5. The second-order valence-electron chi connectivity index (χ2n) is 7.45. The van der Waals surface area contributed by atoms with Gasteiger partial charge in [0.05, 0.1) is 37.4 Å². The summed E-state index contributed by atoms with van der Waals surface area (Å²) in [5.41, 5.74) is 1.16. The van der Waals surface area contributed by atoms with Crippen molar-refractivity contribution >= 4 is 11.6 Å². The van der Waals surface area contributed by atoms with Gasteiger partial charge < -0.3 is 19.3 Å². The Bertz CT molecular complexity index is 1260. The summed E-state index contributed by atoms with van der Waals surface area (Å²) in [5, 5.41) is 15.0. The average molecular weight is 479 g/mol. The van der Waals surface area contributed by atoms with E-state index in [1.54, 1.807) is 19.1 Å². The molecule has 1 aliphatic rings. The lowest BCUT2D eigenvalue weighted by molar-refractivity contribution is -0.186. The molecule has 1 amide bonds. The van der Waals surface area contributed by atoms with Crippen LogP contribution in [-0.4, -0.2) is 58.3 Å². The number of aryl methyl sites for hydroxylation is 1. The molecule has 0 aliphatic carbocycles. The number of ether oxygens (including phenoxy) is 3. The van der Waals surface area contributed by atoms with Gasteiger partial charge in [-0.15, -0.1) is 0 Å². The zero-order chi connectivity index (χ0) is 24.8. The number of hydrogen-bond acceptors (Lipinski definition) is 8. The predicted molar refractivity (Wildman–Crippen MR) is 111 cm³/mol. The first kappa shape index (κ1) is 23.4. The molecule has 4 rings (SSSR count). The maximum atomic E-state index is 13.3. The summed E-state index contributed by atoms with van der Waals surface area (Å²) in [6, 6.07) is 3.24. The van der Waals surface area contributed by atoms with Crippen molar-refractivity contribution in [2.24, 2.45) is 0 Å². The van der Waals surface area contributed by atoms with Gasteiger partial charge in [-0.3, -0.25) is 9.48 Å². The summed E-state index contributed by atoms with van der Waals surface area (Å²) in [5.74, 6) is -2.48. The molecule has 0 saturated heterocycles. The highest BCUT2D eigenvalue weighted by atomic mass is 19.4. The van der Waals surface area contributed by atoms with Crippen LogP contribution in [0.15, 0.2) is 30.7 Å². The summed E-state index contributed by atoms with van der Waals surface area (Å²) >= 11 is 0. The molecule has 1 unspecified atom stereocenters. The first-order valence-corrected chi connectivity index (χ1v) is 9.84. The van der Waals surface area contributed by atoms with Crippen molar-refractivity contribution in [2.75, 3.05) is 26.2 Å². The highest BCUT2D eigenvalue weighted by molar-refractivity contribution is 6.12. The first-order chi connectivity index (χ1) is 16.0. The number of aromatic nitrogens is 4. The number of pyridine rings is 2. The number of rotatable bonds is 6. The smallest absolute Gasteiger partial charge is 0.408 e. The van der Waals surface area contributed by atoms with E-state index in [0.717, 1.165) is 24.4 Å². The molecule has 10 nitrogen and oxygen atoms in total. The second kappa shape index (κ2) is 8.25. The summed E-state index contributed by atoms with van der Waals surface area (Å²) < 4.78 is 54.6. The van der Waals surface area contributed by atoms with E-state index in [-0.39, 0.29) is 22.8 Å². The number of halogens is 3. The Balaban J connectivity index is 1.80. The highest BCUT2D eigenvalue weighted by Gasteiger charge is 2.53. The number of amides is 1. The van der Waals surface area contributed by atoms with Gasteiger partial charge in [-0.1, -0.05) is 0 Å². The molecular formula is C21H20F3N5O5. The summed E-state index contributed by atoms with van der Waals surface area (Å²) in [6.07, 6.45) is -1.000. The number of alkyl halides is 3. The Morgan fingerprint density at radius 3 is 2.50 bits per heavy atom. The molecule has 0 bridgehead atoms. The van der Waals surface area contributed by atoms with Gasteiger partial charge in [-0.2, -0.15) is 18.3 Å². The van der Waals surface area contributed by atoms with Crippen LogP contribution in [0.5, 0.6) is 11.6 Å². The Labute approximate surface area is 191 Å². The lowest BCUT2D eigenvalue weighted by Crippen LogP contribution is -2.45. The molecule has 3 aromatic heterocycles. The van der Waals surface area contributed by atoms with Gasteiger partial charge in [-0.25, -0.2) is 14.9 Å². The third-order valence-corrected chi connectivity index (χ3v) is 5.28. The quantitative estimate of drug-likeness (QED) is 0.537. The van der Waals surface area contributed by atoms with Crippen LogP contribution >= 0.6 is 0 Å². The Morgan fingerprint density at radius 1 is 1.15 bits per heavy atom. The maximum Gasteiger partial charge on any atom is 0.408 e. The lowest BCUT2D eigenvalue weighted by atomic mass is 10.0. The van der Waals surface area contributed by atoms with Crippen LogP contribution in [0.1, 0.15) is 21.6 Å². The van der Waals surface area contributed by atoms with Gasteiger partial charge in [0.25, 0.3) is 11.8 Å². The lowest BCUT2D eigenvalue weighted by Gasteiger charge is -2.30. The van der Waals surface area contributed by atoms with E-state index in [4.69, 9.17) is 14.2 Å². The molecule has 1 aliphatic heterocycles. The van der Waals surface area contributed by atoms with E-state index in [9.17, 15) is 23.1 Å². The number of carbonyl (C=O) groups is 1. The van der Waals surface area contributed by atoms with Gasteiger partial charge in [0, 0.05) is 25.1 Å². The number of aliphatic hydroxyl groups is 1. The molecule has 0 spiro atoms. The largest absolute Gasteiger partial charge is 0.491 e. The van der Waals surface area contributed by atoms with Crippen molar-refractivity contribution in [3.8, 4) is 22.9 Å². The molecule has 1 N–H and O–H groups in total. The maximum absolute atomic E-state index is 13.3. The number of methoxy groups -OCH3 is 3. The van der Waals surface area contributed by atoms with E-state index in [2.05, 4.69) is 15.1 Å². The molecule has 180 valence electrons. The Hall–Kier alpha value is -3.71. The van der Waals surface area contributed by atoms with Crippen LogP contribution in [0.4, 0.5) is 18.9 Å². The van der Waals surface area contributed by atoms with Crippen molar-refractivity contribution in [1.29, 1.82) is 0 Å². The third kappa shape index (κ3) is 3.82. The zero-order valence-corrected chi connectivity index (χ0v) is 18.5. The number of anilines is 1. The van der Waals surface area contributed by atoms with E-state index >= 15 is 0 Å². The topological polar surface area (TPSA) is 112 Å². The fourth-order valence-corrected chi connectivity index (χ4v) is 3.77. The standard InChI is InChI=1S/C21H20F3N5O5/c1-11-5-14(12-6-15(32-2)18(33-3)25-7-12)27-17-16(11)19(30)29(21(17,31)34-4)13-8-26-28(9-13)10-20(22,23)24/h5-9,31H,10H2,1-4H3. The molecular weight excluding hydrogens is 459 g/mol. The van der Waals surface area contributed by atoms with E-state index in [0.29, 0.717) is 27.3 Å². The normalized spacial score (nSPS) is 17.8. The van der Waals surface area contributed by atoms with Crippen molar-refractivity contribution in [1.82, 2.24) is 19.7 Å². The van der Waals surface area contributed by atoms with Crippen molar-refractivity contribution in [2.45, 2.75) is 25.6 Å². The fourth-order valence-electron chi connectivity index (χ4n) is 3.77. The summed E-state index contributed by atoms with van der Waals surface area (Å²) in [4.78, 5) is 22.7. The molecule has 1 atom stereocenters. The monoisotopic (exact) mass is 479 g/mol. The van der Waals surface area contributed by atoms with Crippen molar-refractivity contribution < 1.29 is 37.3 Å². The van der Waals surface area contributed by atoms with Crippen molar-refractivity contribution in [3.63, 3.8) is 0 Å². The molecule has 0 aromatic carbocycles. The van der Waals surface area contributed by atoms with E-state index < -0.39 is 24.5 Å². The molecule has 13 heteroatoms. The molecule has 3 aromatic rings. The van der Waals surface area contributed by atoms with Crippen molar-refractivity contribution in [3.05, 3.63) is 47.5 Å². The predicted octanol–water partition coefficient (Wildman–Crippen LogP) is 2.64. The Morgan fingerprint density at radius 2 is 1.88 bits per heavy atom. The molecule has 0 radical (unpaired) electrons.